The Bertz CT molecular complexity index is 222. The predicted molar refractivity (Wildman–Crippen MR) is 66.0 cm³/mol. The fourth-order valence-electron chi connectivity index (χ4n) is 1.42. The number of carbonyl (C=O) groups excluding carboxylic acids is 1. The van der Waals surface area contributed by atoms with Crippen molar-refractivity contribution >= 4 is 12.3 Å². The Morgan fingerprint density at radius 1 is 1.50 bits per heavy atom. The summed E-state index contributed by atoms with van der Waals surface area (Å²) in [6.07, 6.45) is 3.82. The van der Waals surface area contributed by atoms with Gasteiger partial charge in [0.2, 0.25) is 0 Å². The maximum Gasteiger partial charge on any atom is 0.407 e. The van der Waals surface area contributed by atoms with E-state index in [2.05, 4.69) is 12.2 Å². The van der Waals surface area contributed by atoms with Crippen LogP contribution in [0.1, 0.15) is 47.0 Å². The summed E-state index contributed by atoms with van der Waals surface area (Å²) >= 11 is 0. The molecule has 0 bridgehead atoms. The van der Waals surface area contributed by atoms with Crippen LogP contribution in [0.2, 0.25) is 0 Å². The molecule has 94 valence electrons. The van der Waals surface area contributed by atoms with Gasteiger partial charge in [-0.2, -0.15) is 0 Å². The van der Waals surface area contributed by atoms with E-state index in [0.717, 1.165) is 12.8 Å². The molecule has 0 aromatic heterocycles. The lowest BCUT2D eigenvalue weighted by Gasteiger charge is -2.21. The first-order valence-corrected chi connectivity index (χ1v) is 5.84. The van der Waals surface area contributed by atoms with Gasteiger partial charge in [-0.1, -0.05) is 13.3 Å². The van der Waals surface area contributed by atoms with E-state index in [-0.39, 0.29) is 6.09 Å². The van der Waals surface area contributed by atoms with Crippen LogP contribution in [0.15, 0.2) is 0 Å². The molecule has 4 nitrogen and oxygen atoms in total. The minimum Gasteiger partial charge on any atom is -0.444 e. The zero-order valence-corrected chi connectivity index (χ0v) is 10.8. The molecule has 2 N–H and O–H groups in total. The van der Waals surface area contributed by atoms with Gasteiger partial charge in [-0.25, -0.2) is 4.79 Å². The Kier molecular flexibility index (Phi) is 6.77. The van der Waals surface area contributed by atoms with Gasteiger partial charge in [0.25, 0.3) is 0 Å². The Hall–Kier alpha value is -1.06. The second-order valence-corrected chi connectivity index (χ2v) is 4.98. The van der Waals surface area contributed by atoms with Crippen molar-refractivity contribution in [2.45, 2.75) is 52.6 Å². The first-order chi connectivity index (χ1) is 7.39. The van der Waals surface area contributed by atoms with E-state index in [1.807, 2.05) is 20.8 Å². The topological polar surface area (TPSA) is 62.2 Å². The van der Waals surface area contributed by atoms with Gasteiger partial charge in [0.05, 0.1) is 0 Å². The van der Waals surface area contributed by atoms with Gasteiger partial charge in [-0.3, -0.25) is 0 Å². The standard InChI is InChI=1S/C12H24N2O2/c1-5-6-10(7-8-13)9-14-11(15)16-12(2,3)4/h8,10,13H,5-7,9H2,1-4H3,(H,14,15)/t10-/m1/s1. The van der Waals surface area contributed by atoms with E-state index < -0.39 is 5.60 Å². The number of amides is 1. The Morgan fingerprint density at radius 3 is 2.56 bits per heavy atom. The van der Waals surface area contributed by atoms with Gasteiger partial charge < -0.3 is 15.5 Å². The number of ether oxygens (including phenoxy) is 1. The second-order valence-electron chi connectivity index (χ2n) is 4.98. The first kappa shape index (κ1) is 14.9. The van der Waals surface area contributed by atoms with Crippen molar-refractivity contribution in [2.75, 3.05) is 6.54 Å². The molecular formula is C12H24N2O2. The summed E-state index contributed by atoms with van der Waals surface area (Å²) in [6.45, 7) is 8.21. The van der Waals surface area contributed by atoms with E-state index in [9.17, 15) is 4.79 Å². The van der Waals surface area contributed by atoms with Crippen LogP contribution in [0.25, 0.3) is 0 Å². The molecule has 0 heterocycles. The van der Waals surface area contributed by atoms with Crippen LogP contribution in [0.5, 0.6) is 0 Å². The van der Waals surface area contributed by atoms with Crippen molar-refractivity contribution < 1.29 is 9.53 Å². The zero-order chi connectivity index (χ0) is 12.6. The summed E-state index contributed by atoms with van der Waals surface area (Å²) in [7, 11) is 0. The van der Waals surface area contributed by atoms with E-state index in [1.165, 1.54) is 6.21 Å². The van der Waals surface area contributed by atoms with E-state index in [0.29, 0.717) is 18.9 Å². The van der Waals surface area contributed by atoms with Crippen molar-refractivity contribution in [2.24, 2.45) is 5.92 Å². The maximum absolute atomic E-state index is 11.4. The summed E-state index contributed by atoms with van der Waals surface area (Å²) in [4.78, 5) is 11.4. The lowest BCUT2D eigenvalue weighted by atomic mass is 10.0. The highest BCUT2D eigenvalue weighted by Gasteiger charge is 2.16. The molecule has 0 unspecified atom stereocenters. The van der Waals surface area contributed by atoms with Crippen molar-refractivity contribution in [1.82, 2.24) is 5.32 Å². The van der Waals surface area contributed by atoms with Crippen LogP contribution < -0.4 is 5.32 Å². The third-order valence-electron chi connectivity index (χ3n) is 2.08. The van der Waals surface area contributed by atoms with Gasteiger partial charge >= 0.3 is 6.09 Å². The van der Waals surface area contributed by atoms with Crippen LogP contribution in [0.3, 0.4) is 0 Å². The monoisotopic (exact) mass is 228 g/mol. The highest BCUT2D eigenvalue weighted by atomic mass is 16.6. The molecule has 0 rings (SSSR count). The van der Waals surface area contributed by atoms with Gasteiger partial charge in [0.1, 0.15) is 5.60 Å². The van der Waals surface area contributed by atoms with Crippen LogP contribution in [-0.4, -0.2) is 24.5 Å². The normalized spacial score (nSPS) is 13.0. The molecule has 0 aliphatic heterocycles. The first-order valence-electron chi connectivity index (χ1n) is 5.84. The average Bonchev–Trinajstić information content (AvgIpc) is 2.12. The lowest BCUT2D eigenvalue weighted by Crippen LogP contribution is -2.35. The van der Waals surface area contributed by atoms with Crippen LogP contribution in [0, 0.1) is 11.3 Å². The molecule has 0 saturated heterocycles. The molecule has 1 atom stereocenters. The van der Waals surface area contributed by atoms with E-state index in [4.69, 9.17) is 10.1 Å². The molecule has 0 spiro atoms. The molecule has 0 radical (unpaired) electrons. The predicted octanol–water partition coefficient (Wildman–Crippen LogP) is 2.97. The summed E-state index contributed by atoms with van der Waals surface area (Å²) in [5.74, 6) is 0.343. The zero-order valence-electron chi connectivity index (χ0n) is 10.8. The van der Waals surface area contributed by atoms with E-state index >= 15 is 0 Å². The minimum absolute atomic E-state index is 0.343. The molecule has 0 aliphatic rings. The minimum atomic E-state index is -0.452. The summed E-state index contributed by atoms with van der Waals surface area (Å²) in [5, 5.41) is 9.82. The van der Waals surface area contributed by atoms with Crippen molar-refractivity contribution in [3.05, 3.63) is 0 Å². The largest absolute Gasteiger partial charge is 0.444 e. The van der Waals surface area contributed by atoms with Crippen LogP contribution >= 0.6 is 0 Å². The fourth-order valence-corrected chi connectivity index (χ4v) is 1.42. The highest BCUT2D eigenvalue weighted by molar-refractivity contribution is 5.67. The van der Waals surface area contributed by atoms with Crippen LogP contribution in [0.4, 0.5) is 4.79 Å². The van der Waals surface area contributed by atoms with Gasteiger partial charge in [-0.05, 0) is 45.7 Å². The van der Waals surface area contributed by atoms with Crippen molar-refractivity contribution in [3.8, 4) is 0 Å². The lowest BCUT2D eigenvalue weighted by molar-refractivity contribution is 0.0519. The van der Waals surface area contributed by atoms with Crippen molar-refractivity contribution in [3.63, 3.8) is 0 Å². The summed E-state index contributed by atoms with van der Waals surface area (Å²) in [6, 6.07) is 0. The molecule has 16 heavy (non-hydrogen) atoms. The number of alkyl carbamates (subject to hydrolysis) is 1. The molecule has 0 aromatic carbocycles. The third kappa shape index (κ3) is 8.26. The molecule has 0 aromatic rings. The van der Waals surface area contributed by atoms with E-state index in [1.54, 1.807) is 0 Å². The number of hydrogen-bond donors (Lipinski definition) is 2. The SMILES string of the molecule is CCC[C@H](CC=N)CNC(=O)OC(C)(C)C. The number of nitrogens with one attached hydrogen (secondary N) is 2. The molecule has 0 aliphatic carbocycles. The highest BCUT2D eigenvalue weighted by Crippen LogP contribution is 2.10. The summed E-state index contributed by atoms with van der Waals surface area (Å²) in [5.41, 5.74) is -0.452. The quantitative estimate of drug-likeness (QED) is 0.686. The second kappa shape index (κ2) is 7.25. The molecule has 0 saturated carbocycles. The van der Waals surface area contributed by atoms with Crippen molar-refractivity contribution in [1.29, 1.82) is 5.41 Å². The van der Waals surface area contributed by atoms with Gasteiger partial charge in [0, 0.05) is 6.54 Å². The fraction of sp³-hybridized carbons (Fsp3) is 0.833. The molecular weight excluding hydrogens is 204 g/mol. The number of hydrogen-bond acceptors (Lipinski definition) is 3. The molecule has 4 heteroatoms. The third-order valence-corrected chi connectivity index (χ3v) is 2.08. The molecule has 1 amide bonds. The Morgan fingerprint density at radius 2 is 2.12 bits per heavy atom. The number of carbonyl (C=O) groups is 1. The Balaban J connectivity index is 3.91. The average molecular weight is 228 g/mol. The van der Waals surface area contributed by atoms with Crippen LogP contribution in [-0.2, 0) is 4.74 Å². The summed E-state index contributed by atoms with van der Waals surface area (Å²) < 4.78 is 5.14. The molecule has 0 fully saturated rings. The van der Waals surface area contributed by atoms with Gasteiger partial charge in [0.15, 0.2) is 0 Å². The number of rotatable bonds is 6. The maximum atomic E-state index is 11.4. The van der Waals surface area contributed by atoms with Gasteiger partial charge in [-0.15, -0.1) is 0 Å². The smallest absolute Gasteiger partial charge is 0.407 e. The Labute approximate surface area is 98.3 Å².